The summed E-state index contributed by atoms with van der Waals surface area (Å²) in [5.74, 6) is 0. The lowest BCUT2D eigenvalue weighted by molar-refractivity contribution is 0.0125. The van der Waals surface area contributed by atoms with Crippen LogP contribution in [0.1, 0.15) is 16.8 Å². The van der Waals surface area contributed by atoms with Gasteiger partial charge in [0, 0.05) is 19.3 Å². The number of aryl methyl sites for hydroxylation is 1. The van der Waals surface area contributed by atoms with E-state index < -0.39 is 6.10 Å². The summed E-state index contributed by atoms with van der Waals surface area (Å²) in [5.41, 5.74) is 4.37. The van der Waals surface area contributed by atoms with Gasteiger partial charge in [0.25, 0.3) is 0 Å². The Labute approximate surface area is 148 Å². The van der Waals surface area contributed by atoms with Crippen LogP contribution in [0.5, 0.6) is 0 Å². The van der Waals surface area contributed by atoms with Crippen molar-refractivity contribution in [3.8, 4) is 0 Å². The van der Waals surface area contributed by atoms with Gasteiger partial charge in [-0.05, 0) is 37.2 Å². The Bertz CT molecular complexity index is 801. The van der Waals surface area contributed by atoms with E-state index in [1.54, 1.807) is 0 Å². The molecule has 0 spiro atoms. The van der Waals surface area contributed by atoms with Gasteiger partial charge in [0.15, 0.2) is 0 Å². The van der Waals surface area contributed by atoms with Crippen molar-refractivity contribution in [2.24, 2.45) is 0 Å². The van der Waals surface area contributed by atoms with E-state index in [1.165, 1.54) is 5.56 Å². The molecule has 3 aromatic rings. The first-order valence-electron chi connectivity index (χ1n) is 8.52. The molecule has 0 fully saturated rings. The third-order valence-corrected chi connectivity index (χ3v) is 4.12. The maximum absolute atomic E-state index is 10.2. The molecule has 0 bridgehead atoms. The molecule has 0 amide bonds. The van der Waals surface area contributed by atoms with Gasteiger partial charge in [-0.3, -0.25) is 4.90 Å². The number of hydrogen-bond donors (Lipinski definition) is 1. The summed E-state index contributed by atoms with van der Waals surface area (Å²) in [5, 5.41) is 10.2. The standard InChI is InChI=1S/C20H25N3O2/c1-16-8-9-23-18(11-21-20(23)10-16)12-22(2)13-19(24)15-25-14-17-6-4-3-5-7-17/h3-11,19,24H,12-15H2,1-2H3. The van der Waals surface area contributed by atoms with E-state index in [0.717, 1.165) is 23.4 Å². The SMILES string of the molecule is Cc1ccn2c(CN(C)CC(O)COCc3ccccc3)cnc2c1. The molecule has 5 nitrogen and oxygen atoms in total. The summed E-state index contributed by atoms with van der Waals surface area (Å²) >= 11 is 0. The van der Waals surface area contributed by atoms with Crippen LogP contribution >= 0.6 is 0 Å². The van der Waals surface area contributed by atoms with Crippen molar-refractivity contribution in [3.63, 3.8) is 0 Å². The number of hydrogen-bond acceptors (Lipinski definition) is 4. The topological polar surface area (TPSA) is 50.0 Å². The monoisotopic (exact) mass is 339 g/mol. The predicted molar refractivity (Wildman–Crippen MR) is 98.4 cm³/mol. The average molecular weight is 339 g/mol. The third kappa shape index (κ3) is 4.89. The van der Waals surface area contributed by atoms with Gasteiger partial charge >= 0.3 is 0 Å². The number of imidazole rings is 1. The van der Waals surface area contributed by atoms with Crippen molar-refractivity contribution >= 4 is 5.65 Å². The predicted octanol–water partition coefficient (Wildman–Crippen LogP) is 2.65. The van der Waals surface area contributed by atoms with Crippen molar-refractivity contribution in [2.45, 2.75) is 26.2 Å². The number of rotatable bonds is 8. The number of aromatic nitrogens is 2. The van der Waals surface area contributed by atoms with Crippen LogP contribution in [0.4, 0.5) is 0 Å². The molecular weight excluding hydrogens is 314 g/mol. The van der Waals surface area contributed by atoms with E-state index in [9.17, 15) is 5.11 Å². The van der Waals surface area contributed by atoms with Gasteiger partial charge in [-0.15, -0.1) is 0 Å². The highest BCUT2D eigenvalue weighted by molar-refractivity contribution is 5.42. The molecule has 5 heteroatoms. The number of nitrogens with zero attached hydrogens (tertiary/aromatic N) is 3. The number of fused-ring (bicyclic) bond motifs is 1. The fourth-order valence-electron chi connectivity index (χ4n) is 2.89. The fourth-order valence-corrected chi connectivity index (χ4v) is 2.89. The summed E-state index contributed by atoms with van der Waals surface area (Å²) in [7, 11) is 1.99. The Balaban J connectivity index is 1.47. The second-order valence-electron chi connectivity index (χ2n) is 6.53. The number of pyridine rings is 1. The Morgan fingerprint density at radius 1 is 1.24 bits per heavy atom. The highest BCUT2D eigenvalue weighted by atomic mass is 16.5. The lowest BCUT2D eigenvalue weighted by Crippen LogP contribution is -2.32. The Morgan fingerprint density at radius 3 is 2.84 bits per heavy atom. The maximum Gasteiger partial charge on any atom is 0.137 e. The van der Waals surface area contributed by atoms with Crippen LogP contribution in [0.25, 0.3) is 5.65 Å². The van der Waals surface area contributed by atoms with E-state index in [4.69, 9.17) is 4.74 Å². The summed E-state index contributed by atoms with van der Waals surface area (Å²) in [6, 6.07) is 14.1. The number of benzene rings is 1. The van der Waals surface area contributed by atoms with Gasteiger partial charge in [0.1, 0.15) is 5.65 Å². The summed E-state index contributed by atoms with van der Waals surface area (Å²) in [4.78, 5) is 6.53. The molecular formula is C20H25N3O2. The summed E-state index contributed by atoms with van der Waals surface area (Å²) < 4.78 is 7.69. The first-order chi connectivity index (χ1) is 12.1. The maximum atomic E-state index is 10.2. The minimum absolute atomic E-state index is 0.325. The molecule has 25 heavy (non-hydrogen) atoms. The van der Waals surface area contributed by atoms with Crippen molar-refractivity contribution in [3.05, 3.63) is 71.7 Å². The van der Waals surface area contributed by atoms with Crippen molar-refractivity contribution < 1.29 is 9.84 Å². The van der Waals surface area contributed by atoms with Gasteiger partial charge < -0.3 is 14.2 Å². The van der Waals surface area contributed by atoms with Crippen molar-refractivity contribution in [1.82, 2.24) is 14.3 Å². The van der Waals surface area contributed by atoms with E-state index in [2.05, 4.69) is 33.3 Å². The van der Waals surface area contributed by atoms with E-state index in [-0.39, 0.29) is 0 Å². The molecule has 1 atom stereocenters. The second-order valence-corrected chi connectivity index (χ2v) is 6.53. The smallest absolute Gasteiger partial charge is 0.137 e. The van der Waals surface area contributed by atoms with Crippen molar-refractivity contribution in [2.75, 3.05) is 20.2 Å². The Kier molecular flexibility index (Phi) is 5.81. The lowest BCUT2D eigenvalue weighted by atomic mass is 10.2. The zero-order valence-electron chi connectivity index (χ0n) is 14.8. The molecule has 2 heterocycles. The molecule has 0 saturated heterocycles. The van der Waals surface area contributed by atoms with Crippen LogP contribution in [-0.4, -0.2) is 45.7 Å². The second kappa shape index (κ2) is 8.25. The molecule has 0 saturated carbocycles. The molecule has 1 aromatic carbocycles. The molecule has 2 aromatic heterocycles. The number of aliphatic hydroxyl groups is 1. The van der Waals surface area contributed by atoms with Gasteiger partial charge in [-0.1, -0.05) is 30.3 Å². The van der Waals surface area contributed by atoms with Crippen LogP contribution < -0.4 is 0 Å². The highest BCUT2D eigenvalue weighted by Gasteiger charge is 2.11. The van der Waals surface area contributed by atoms with E-state index in [0.29, 0.717) is 19.8 Å². The van der Waals surface area contributed by atoms with Gasteiger partial charge in [0.2, 0.25) is 0 Å². The van der Waals surface area contributed by atoms with Crippen LogP contribution in [0.3, 0.4) is 0 Å². The van der Waals surface area contributed by atoms with Crippen molar-refractivity contribution in [1.29, 1.82) is 0 Å². The number of aliphatic hydroxyl groups excluding tert-OH is 1. The average Bonchev–Trinajstić information content (AvgIpc) is 2.97. The number of likely N-dealkylation sites (N-methyl/N-ethyl adjacent to an activating group) is 1. The fraction of sp³-hybridized carbons (Fsp3) is 0.350. The summed E-state index contributed by atoms with van der Waals surface area (Å²) in [6.07, 6.45) is 3.42. The molecule has 0 aliphatic heterocycles. The quantitative estimate of drug-likeness (QED) is 0.685. The summed E-state index contributed by atoms with van der Waals surface area (Å²) in [6.45, 7) is 4.18. The zero-order valence-corrected chi connectivity index (χ0v) is 14.8. The van der Waals surface area contributed by atoms with Crippen LogP contribution in [0, 0.1) is 6.92 Å². The normalized spacial score (nSPS) is 12.8. The largest absolute Gasteiger partial charge is 0.389 e. The van der Waals surface area contributed by atoms with Gasteiger partial charge in [-0.2, -0.15) is 0 Å². The molecule has 1 N–H and O–H groups in total. The van der Waals surface area contributed by atoms with Crippen LogP contribution in [-0.2, 0) is 17.9 Å². The molecule has 132 valence electrons. The third-order valence-electron chi connectivity index (χ3n) is 4.12. The minimum Gasteiger partial charge on any atom is -0.389 e. The zero-order chi connectivity index (χ0) is 17.6. The molecule has 0 radical (unpaired) electrons. The lowest BCUT2D eigenvalue weighted by Gasteiger charge is -2.20. The Morgan fingerprint density at radius 2 is 2.04 bits per heavy atom. The molecule has 0 aliphatic carbocycles. The van der Waals surface area contributed by atoms with E-state index in [1.807, 2.05) is 49.8 Å². The van der Waals surface area contributed by atoms with Crippen LogP contribution in [0.15, 0.2) is 54.9 Å². The van der Waals surface area contributed by atoms with Gasteiger partial charge in [0.05, 0.1) is 31.2 Å². The van der Waals surface area contributed by atoms with E-state index >= 15 is 0 Å². The minimum atomic E-state index is -0.518. The van der Waals surface area contributed by atoms with Gasteiger partial charge in [-0.25, -0.2) is 4.98 Å². The first-order valence-corrected chi connectivity index (χ1v) is 8.52. The Hall–Kier alpha value is -2.21. The molecule has 1 unspecified atom stereocenters. The van der Waals surface area contributed by atoms with Crippen LogP contribution in [0.2, 0.25) is 0 Å². The highest BCUT2D eigenvalue weighted by Crippen LogP contribution is 2.11. The first kappa shape index (κ1) is 17.6. The molecule has 3 rings (SSSR count). The molecule has 0 aliphatic rings. The number of ether oxygens (including phenoxy) is 1.